The molecule has 2 heterocycles. The Labute approximate surface area is 124 Å². The van der Waals surface area contributed by atoms with Gasteiger partial charge in [0.1, 0.15) is 0 Å². The number of likely N-dealkylation sites (tertiary alicyclic amines) is 1. The Morgan fingerprint density at radius 1 is 1.60 bits per heavy atom. The summed E-state index contributed by atoms with van der Waals surface area (Å²) >= 11 is 1.68. The smallest absolute Gasteiger partial charge is 0.234 e. The lowest BCUT2D eigenvalue weighted by Crippen LogP contribution is -2.42. The van der Waals surface area contributed by atoms with E-state index in [1.165, 1.54) is 4.88 Å². The summed E-state index contributed by atoms with van der Waals surface area (Å²) in [7, 11) is 0. The fourth-order valence-electron chi connectivity index (χ4n) is 2.75. The number of nitrogens with one attached hydrogen (secondary N) is 1. The van der Waals surface area contributed by atoms with Crippen LogP contribution in [0.5, 0.6) is 0 Å². The molecule has 5 heteroatoms. The van der Waals surface area contributed by atoms with Gasteiger partial charge in [-0.05, 0) is 36.8 Å². The monoisotopic (exact) mass is 296 g/mol. The van der Waals surface area contributed by atoms with Gasteiger partial charge in [0.25, 0.3) is 0 Å². The van der Waals surface area contributed by atoms with Crippen LogP contribution in [-0.2, 0) is 4.79 Å². The molecule has 1 aliphatic rings. The first kappa shape index (κ1) is 15.5. The molecule has 1 fully saturated rings. The van der Waals surface area contributed by atoms with Gasteiger partial charge < -0.3 is 10.4 Å². The van der Waals surface area contributed by atoms with Crippen molar-refractivity contribution in [3.05, 3.63) is 22.4 Å². The number of aliphatic hydroxyl groups excluding tert-OH is 1. The average Bonchev–Trinajstić information content (AvgIpc) is 3.06. The van der Waals surface area contributed by atoms with E-state index < -0.39 is 0 Å². The van der Waals surface area contributed by atoms with Gasteiger partial charge in [-0.1, -0.05) is 19.9 Å². The lowest BCUT2D eigenvalue weighted by Gasteiger charge is -2.25. The van der Waals surface area contributed by atoms with E-state index in [2.05, 4.69) is 30.1 Å². The van der Waals surface area contributed by atoms with Crippen LogP contribution in [0.1, 0.15) is 37.6 Å². The number of aliphatic hydroxyl groups is 1. The van der Waals surface area contributed by atoms with E-state index in [1.54, 1.807) is 11.3 Å². The zero-order chi connectivity index (χ0) is 14.5. The van der Waals surface area contributed by atoms with Gasteiger partial charge in [-0.15, -0.1) is 11.3 Å². The van der Waals surface area contributed by atoms with Crippen LogP contribution in [0.2, 0.25) is 0 Å². The topological polar surface area (TPSA) is 52.6 Å². The Kier molecular flexibility index (Phi) is 5.57. The standard InChI is InChI=1S/C15H24N2O2S/c1-11(2)15(13-6-4-8-20-13)16-14(19)9-17-7-3-5-12(17)10-18/h4,6,8,11-12,15,18H,3,5,7,9-10H2,1-2H3,(H,16,19)/t12-,15?/m0/s1. The van der Waals surface area contributed by atoms with E-state index >= 15 is 0 Å². The van der Waals surface area contributed by atoms with Crippen molar-refractivity contribution in [1.29, 1.82) is 0 Å². The molecule has 2 atom stereocenters. The number of rotatable bonds is 6. The van der Waals surface area contributed by atoms with Gasteiger partial charge >= 0.3 is 0 Å². The lowest BCUT2D eigenvalue weighted by atomic mass is 10.0. The third kappa shape index (κ3) is 3.81. The third-order valence-electron chi connectivity index (χ3n) is 3.89. The quantitative estimate of drug-likeness (QED) is 0.844. The fourth-order valence-corrected chi connectivity index (χ4v) is 3.70. The van der Waals surface area contributed by atoms with Crippen LogP contribution in [0, 0.1) is 5.92 Å². The molecule has 2 rings (SSSR count). The van der Waals surface area contributed by atoms with Gasteiger partial charge in [0.05, 0.1) is 19.2 Å². The summed E-state index contributed by atoms with van der Waals surface area (Å²) in [6.07, 6.45) is 2.05. The van der Waals surface area contributed by atoms with Crippen molar-refractivity contribution in [3.8, 4) is 0 Å². The Morgan fingerprint density at radius 3 is 3.00 bits per heavy atom. The molecule has 2 N–H and O–H groups in total. The first-order valence-corrected chi connectivity index (χ1v) is 8.17. The van der Waals surface area contributed by atoms with Crippen LogP contribution in [0.3, 0.4) is 0 Å². The van der Waals surface area contributed by atoms with Gasteiger partial charge in [0.15, 0.2) is 0 Å². The van der Waals surface area contributed by atoms with Crippen LogP contribution in [0.4, 0.5) is 0 Å². The first-order valence-electron chi connectivity index (χ1n) is 7.29. The van der Waals surface area contributed by atoms with Crippen LogP contribution < -0.4 is 5.32 Å². The Balaban J connectivity index is 1.92. The molecule has 0 saturated carbocycles. The van der Waals surface area contributed by atoms with Crippen molar-refractivity contribution < 1.29 is 9.90 Å². The largest absolute Gasteiger partial charge is 0.395 e. The summed E-state index contributed by atoms with van der Waals surface area (Å²) in [5.41, 5.74) is 0. The summed E-state index contributed by atoms with van der Waals surface area (Å²) in [6, 6.07) is 4.32. The van der Waals surface area contributed by atoms with Crippen LogP contribution in [0.25, 0.3) is 0 Å². The SMILES string of the molecule is CC(C)C(NC(=O)CN1CCC[C@H]1CO)c1cccs1. The maximum absolute atomic E-state index is 12.2. The number of carbonyl (C=O) groups excluding carboxylic acids is 1. The van der Waals surface area contributed by atoms with Gasteiger partial charge in [-0.3, -0.25) is 9.69 Å². The summed E-state index contributed by atoms with van der Waals surface area (Å²) in [4.78, 5) is 15.5. The molecule has 0 radical (unpaired) electrons. The molecule has 0 aromatic carbocycles. The molecule has 1 aliphatic heterocycles. The average molecular weight is 296 g/mol. The Morgan fingerprint density at radius 2 is 2.40 bits per heavy atom. The van der Waals surface area contributed by atoms with Gasteiger partial charge in [0, 0.05) is 10.9 Å². The van der Waals surface area contributed by atoms with Crippen molar-refractivity contribution in [3.63, 3.8) is 0 Å². The Bertz CT molecular complexity index is 420. The second-order valence-electron chi connectivity index (χ2n) is 5.75. The van der Waals surface area contributed by atoms with Crippen molar-refractivity contribution in [1.82, 2.24) is 10.2 Å². The van der Waals surface area contributed by atoms with Crippen molar-refractivity contribution in [2.75, 3.05) is 19.7 Å². The van der Waals surface area contributed by atoms with E-state index in [4.69, 9.17) is 0 Å². The second kappa shape index (κ2) is 7.20. The highest BCUT2D eigenvalue weighted by Gasteiger charge is 2.27. The van der Waals surface area contributed by atoms with E-state index in [0.29, 0.717) is 12.5 Å². The molecule has 20 heavy (non-hydrogen) atoms. The first-order chi connectivity index (χ1) is 9.61. The third-order valence-corrected chi connectivity index (χ3v) is 4.84. The van der Waals surface area contributed by atoms with E-state index in [-0.39, 0.29) is 24.6 Å². The maximum atomic E-state index is 12.2. The maximum Gasteiger partial charge on any atom is 0.234 e. The molecule has 1 unspecified atom stereocenters. The predicted molar refractivity (Wildman–Crippen MR) is 81.7 cm³/mol. The molecule has 1 aromatic rings. The van der Waals surface area contributed by atoms with Crippen molar-refractivity contribution >= 4 is 17.2 Å². The number of hydrogen-bond donors (Lipinski definition) is 2. The molecule has 0 aliphatic carbocycles. The Hall–Kier alpha value is -0.910. The number of carbonyl (C=O) groups is 1. The zero-order valence-corrected chi connectivity index (χ0v) is 13.0. The van der Waals surface area contributed by atoms with E-state index in [0.717, 1.165) is 19.4 Å². The van der Waals surface area contributed by atoms with E-state index in [9.17, 15) is 9.90 Å². The fraction of sp³-hybridized carbons (Fsp3) is 0.667. The van der Waals surface area contributed by atoms with Crippen LogP contribution >= 0.6 is 11.3 Å². The molecular formula is C15H24N2O2S. The number of amides is 1. The zero-order valence-electron chi connectivity index (χ0n) is 12.2. The van der Waals surface area contributed by atoms with Crippen LogP contribution in [-0.4, -0.2) is 41.7 Å². The molecule has 1 saturated heterocycles. The highest BCUT2D eigenvalue weighted by molar-refractivity contribution is 7.10. The molecule has 0 spiro atoms. The second-order valence-corrected chi connectivity index (χ2v) is 6.73. The molecule has 1 aromatic heterocycles. The number of hydrogen-bond acceptors (Lipinski definition) is 4. The van der Waals surface area contributed by atoms with Crippen molar-refractivity contribution in [2.24, 2.45) is 5.92 Å². The highest BCUT2D eigenvalue weighted by atomic mass is 32.1. The lowest BCUT2D eigenvalue weighted by molar-refractivity contribution is -0.123. The number of nitrogens with zero attached hydrogens (tertiary/aromatic N) is 1. The summed E-state index contributed by atoms with van der Waals surface area (Å²) in [5.74, 6) is 0.419. The minimum absolute atomic E-state index is 0.0532. The molecular weight excluding hydrogens is 272 g/mol. The summed E-state index contributed by atoms with van der Waals surface area (Å²) in [6.45, 7) is 5.68. The summed E-state index contributed by atoms with van der Waals surface area (Å²) < 4.78 is 0. The summed E-state index contributed by atoms with van der Waals surface area (Å²) in [5, 5.41) is 14.5. The van der Waals surface area contributed by atoms with E-state index in [1.807, 2.05) is 11.4 Å². The predicted octanol–water partition coefficient (Wildman–Crippen LogP) is 2.02. The van der Waals surface area contributed by atoms with Crippen LogP contribution in [0.15, 0.2) is 17.5 Å². The molecule has 112 valence electrons. The van der Waals surface area contributed by atoms with Gasteiger partial charge in [0.2, 0.25) is 5.91 Å². The van der Waals surface area contributed by atoms with Gasteiger partial charge in [-0.2, -0.15) is 0 Å². The molecule has 1 amide bonds. The minimum Gasteiger partial charge on any atom is -0.395 e. The molecule has 0 bridgehead atoms. The van der Waals surface area contributed by atoms with Gasteiger partial charge in [-0.25, -0.2) is 0 Å². The minimum atomic E-state index is 0.0532. The highest BCUT2D eigenvalue weighted by Crippen LogP contribution is 2.26. The van der Waals surface area contributed by atoms with Crippen molar-refractivity contribution in [2.45, 2.75) is 38.8 Å². The normalized spacial score (nSPS) is 21.3. The molecule has 4 nitrogen and oxygen atoms in total. The number of thiophene rings is 1.